The van der Waals surface area contributed by atoms with E-state index in [4.69, 9.17) is 16.3 Å². The molecule has 0 unspecified atom stereocenters. The second kappa shape index (κ2) is 5.85. The quantitative estimate of drug-likeness (QED) is 0.899. The van der Waals surface area contributed by atoms with Gasteiger partial charge in [-0.1, -0.05) is 11.6 Å². The van der Waals surface area contributed by atoms with E-state index in [1.165, 1.54) is 12.8 Å². The number of methoxy groups -OCH3 is 1. The van der Waals surface area contributed by atoms with E-state index in [0.29, 0.717) is 5.92 Å². The molecule has 1 aliphatic rings. The minimum Gasteiger partial charge on any atom is -0.384 e. The first-order valence-electron chi connectivity index (χ1n) is 6.11. The topological polar surface area (TPSA) is 41.1 Å². The highest BCUT2D eigenvalue weighted by molar-refractivity contribution is 6.31. The summed E-state index contributed by atoms with van der Waals surface area (Å²) >= 11 is 6.18. The lowest BCUT2D eigenvalue weighted by Gasteiger charge is -2.31. The van der Waals surface area contributed by atoms with Gasteiger partial charge in [0.1, 0.15) is 0 Å². The van der Waals surface area contributed by atoms with E-state index in [-0.39, 0.29) is 0 Å². The van der Waals surface area contributed by atoms with Crippen molar-refractivity contribution in [3.05, 3.63) is 16.4 Å². The van der Waals surface area contributed by atoms with Gasteiger partial charge in [0.05, 0.1) is 23.0 Å². The molecular formula is C12H20ClN3O. The van der Waals surface area contributed by atoms with Crippen molar-refractivity contribution in [2.45, 2.75) is 26.3 Å². The molecule has 1 aliphatic heterocycles. The fraction of sp³-hybridized carbons (Fsp3) is 0.750. The average Bonchev–Trinajstić information content (AvgIpc) is 2.62. The Kier molecular flexibility index (Phi) is 4.42. The Balaban J connectivity index is 1.92. The van der Waals surface area contributed by atoms with Crippen LogP contribution in [0.3, 0.4) is 0 Å². The normalized spacial score (nSPS) is 21.9. The molecule has 1 N–H and O–H groups in total. The van der Waals surface area contributed by atoms with Crippen LogP contribution in [0.25, 0.3) is 0 Å². The van der Waals surface area contributed by atoms with Gasteiger partial charge in [0.15, 0.2) is 0 Å². The van der Waals surface area contributed by atoms with Crippen LogP contribution in [-0.2, 0) is 11.3 Å². The van der Waals surface area contributed by atoms with Crippen LogP contribution in [0.2, 0.25) is 5.02 Å². The van der Waals surface area contributed by atoms with E-state index in [0.717, 1.165) is 42.7 Å². The largest absolute Gasteiger partial charge is 0.384 e. The highest BCUT2D eigenvalue weighted by Crippen LogP contribution is 2.22. The van der Waals surface area contributed by atoms with Gasteiger partial charge < -0.3 is 4.74 Å². The van der Waals surface area contributed by atoms with Crippen molar-refractivity contribution in [3.8, 4) is 0 Å². The second-order valence-electron chi connectivity index (χ2n) is 4.81. The van der Waals surface area contributed by atoms with Crippen molar-refractivity contribution in [3.63, 3.8) is 0 Å². The van der Waals surface area contributed by atoms with Crippen LogP contribution in [0.5, 0.6) is 0 Å². The van der Waals surface area contributed by atoms with Crippen molar-refractivity contribution in [2.24, 2.45) is 5.92 Å². The zero-order valence-corrected chi connectivity index (χ0v) is 11.3. The molecule has 5 heteroatoms. The highest BCUT2D eigenvalue weighted by Gasteiger charge is 2.21. The Labute approximate surface area is 107 Å². The predicted octanol–water partition coefficient (Wildman–Crippen LogP) is 2.23. The van der Waals surface area contributed by atoms with E-state index in [1.54, 1.807) is 7.11 Å². The van der Waals surface area contributed by atoms with Gasteiger partial charge in [0.25, 0.3) is 0 Å². The lowest BCUT2D eigenvalue weighted by atomic mass is 9.99. The molecule has 0 bridgehead atoms. The van der Waals surface area contributed by atoms with Gasteiger partial charge in [0, 0.05) is 20.2 Å². The molecule has 1 aromatic heterocycles. The van der Waals surface area contributed by atoms with E-state index < -0.39 is 0 Å². The molecule has 96 valence electrons. The lowest BCUT2D eigenvalue weighted by Crippen LogP contribution is -2.36. The number of piperidine rings is 1. The highest BCUT2D eigenvalue weighted by atomic mass is 35.5. The number of nitrogens with zero attached hydrogens (tertiary/aromatic N) is 2. The number of aromatic amines is 1. The Morgan fingerprint density at radius 1 is 1.59 bits per heavy atom. The third kappa shape index (κ3) is 3.21. The summed E-state index contributed by atoms with van der Waals surface area (Å²) in [4.78, 5) is 2.41. The summed E-state index contributed by atoms with van der Waals surface area (Å²) in [7, 11) is 1.77. The number of hydrogen-bond acceptors (Lipinski definition) is 3. The van der Waals surface area contributed by atoms with Crippen LogP contribution < -0.4 is 0 Å². The molecule has 2 heterocycles. The number of nitrogens with one attached hydrogen (secondary N) is 1. The number of H-pyrrole nitrogens is 1. The van der Waals surface area contributed by atoms with Crippen molar-refractivity contribution in [2.75, 3.05) is 26.8 Å². The maximum atomic E-state index is 6.18. The van der Waals surface area contributed by atoms with Gasteiger partial charge in [-0.2, -0.15) is 5.10 Å². The monoisotopic (exact) mass is 257 g/mol. The van der Waals surface area contributed by atoms with Gasteiger partial charge in [0.2, 0.25) is 0 Å². The third-order valence-electron chi connectivity index (χ3n) is 3.32. The Morgan fingerprint density at radius 3 is 3.06 bits per heavy atom. The smallest absolute Gasteiger partial charge is 0.0951 e. The van der Waals surface area contributed by atoms with Crippen molar-refractivity contribution in [1.82, 2.24) is 15.1 Å². The number of aromatic nitrogens is 2. The second-order valence-corrected chi connectivity index (χ2v) is 5.19. The molecule has 0 aliphatic carbocycles. The molecule has 2 rings (SSSR count). The van der Waals surface area contributed by atoms with Crippen LogP contribution in [0.15, 0.2) is 0 Å². The molecule has 4 nitrogen and oxygen atoms in total. The molecule has 1 fully saturated rings. The van der Waals surface area contributed by atoms with Crippen molar-refractivity contribution >= 4 is 11.6 Å². The number of hydrogen-bond donors (Lipinski definition) is 1. The summed E-state index contributed by atoms with van der Waals surface area (Å²) in [6.45, 7) is 5.84. The number of ether oxygens (including phenoxy) is 1. The number of likely N-dealkylation sites (tertiary alicyclic amines) is 1. The van der Waals surface area contributed by atoms with E-state index in [2.05, 4.69) is 15.1 Å². The van der Waals surface area contributed by atoms with E-state index in [9.17, 15) is 0 Å². The fourth-order valence-electron chi connectivity index (χ4n) is 2.45. The molecule has 0 aromatic carbocycles. The summed E-state index contributed by atoms with van der Waals surface area (Å²) < 4.78 is 5.23. The van der Waals surface area contributed by atoms with Gasteiger partial charge in [-0.05, 0) is 32.2 Å². The standard InChI is InChI=1S/C12H20ClN3O/c1-9-12(13)11(15-14-9)7-16-5-3-4-10(6-16)8-17-2/h10H,3-8H2,1-2H3,(H,14,15)/t10-/m0/s1. The van der Waals surface area contributed by atoms with Crippen LogP contribution >= 0.6 is 11.6 Å². The van der Waals surface area contributed by atoms with Crippen LogP contribution in [0.4, 0.5) is 0 Å². The van der Waals surface area contributed by atoms with Crippen LogP contribution in [-0.4, -0.2) is 41.9 Å². The van der Waals surface area contributed by atoms with Crippen molar-refractivity contribution in [1.29, 1.82) is 0 Å². The molecule has 1 saturated heterocycles. The minimum atomic E-state index is 0.646. The van der Waals surface area contributed by atoms with E-state index >= 15 is 0 Å². The summed E-state index contributed by atoms with van der Waals surface area (Å²) in [6.07, 6.45) is 2.49. The first kappa shape index (κ1) is 12.9. The number of aryl methyl sites for hydroxylation is 1. The Bertz CT molecular complexity index is 365. The third-order valence-corrected chi connectivity index (χ3v) is 3.82. The zero-order chi connectivity index (χ0) is 12.3. The SMILES string of the molecule is COC[C@H]1CCCN(Cc2n[nH]c(C)c2Cl)C1. The molecule has 0 spiro atoms. The van der Waals surface area contributed by atoms with Gasteiger partial charge in [-0.3, -0.25) is 10.00 Å². The zero-order valence-electron chi connectivity index (χ0n) is 10.5. The maximum Gasteiger partial charge on any atom is 0.0951 e. The minimum absolute atomic E-state index is 0.646. The molecular weight excluding hydrogens is 238 g/mol. The molecule has 17 heavy (non-hydrogen) atoms. The summed E-state index contributed by atoms with van der Waals surface area (Å²) in [6, 6.07) is 0. The molecule has 0 saturated carbocycles. The summed E-state index contributed by atoms with van der Waals surface area (Å²) in [5, 5.41) is 7.96. The Hall–Kier alpha value is -0.580. The van der Waals surface area contributed by atoms with Crippen molar-refractivity contribution < 1.29 is 4.74 Å². The van der Waals surface area contributed by atoms with Gasteiger partial charge in [-0.15, -0.1) is 0 Å². The lowest BCUT2D eigenvalue weighted by molar-refractivity contribution is 0.0868. The predicted molar refractivity (Wildman–Crippen MR) is 68.2 cm³/mol. The van der Waals surface area contributed by atoms with Crippen LogP contribution in [0.1, 0.15) is 24.2 Å². The Morgan fingerprint density at radius 2 is 2.41 bits per heavy atom. The number of rotatable bonds is 4. The van der Waals surface area contributed by atoms with E-state index in [1.807, 2.05) is 6.92 Å². The number of halogens is 1. The molecule has 0 amide bonds. The van der Waals surface area contributed by atoms with Gasteiger partial charge >= 0.3 is 0 Å². The first-order chi connectivity index (χ1) is 8.20. The molecule has 1 aromatic rings. The molecule has 1 atom stereocenters. The van der Waals surface area contributed by atoms with Gasteiger partial charge in [-0.25, -0.2) is 0 Å². The molecule has 0 radical (unpaired) electrons. The average molecular weight is 258 g/mol. The fourth-order valence-corrected chi connectivity index (χ4v) is 2.59. The summed E-state index contributed by atoms with van der Waals surface area (Å²) in [5.74, 6) is 0.646. The maximum absolute atomic E-state index is 6.18. The first-order valence-corrected chi connectivity index (χ1v) is 6.49. The van der Waals surface area contributed by atoms with Crippen LogP contribution in [0, 0.1) is 12.8 Å². The summed E-state index contributed by atoms with van der Waals surface area (Å²) in [5.41, 5.74) is 1.91.